The summed E-state index contributed by atoms with van der Waals surface area (Å²) in [6, 6.07) is -1.63. The van der Waals surface area contributed by atoms with Crippen LogP contribution in [0.5, 0.6) is 0 Å². The third-order valence-corrected chi connectivity index (χ3v) is 5.82. The molecule has 198 valence electrons. The van der Waals surface area contributed by atoms with Crippen LogP contribution in [0.2, 0.25) is 0 Å². The summed E-state index contributed by atoms with van der Waals surface area (Å²) in [7, 11) is 0. The first kappa shape index (κ1) is 29.0. The van der Waals surface area contributed by atoms with Crippen LogP contribution in [0.4, 0.5) is 4.79 Å². The number of urea groups is 1. The van der Waals surface area contributed by atoms with Crippen LogP contribution in [0.15, 0.2) is 5.29 Å². The number of hydrogen-bond acceptors (Lipinski definition) is 13. The standard InChI is InChI=1S/C18H32ClN3O12/c1-7(2)22(18(30)21(20-31)4-3-19)16-13(28)12(27)15(9(6-24)32-16)34-17-14(29)11(26)10(25)8(5-23)33-17/h7-17,23-29H,3-6H2,1-2H3/t8-,9-,10-,11+,12-,13-,14-,15-,16?,17-/m1/s1. The molecule has 1 unspecified atom stereocenters. The fourth-order valence-corrected chi connectivity index (χ4v) is 3.97. The number of rotatable bonds is 9. The van der Waals surface area contributed by atoms with Crippen molar-refractivity contribution in [2.45, 2.75) is 81.2 Å². The van der Waals surface area contributed by atoms with Crippen LogP contribution >= 0.6 is 11.6 Å². The summed E-state index contributed by atoms with van der Waals surface area (Å²) in [5, 5.41) is 73.8. The topological polar surface area (TPSA) is 222 Å². The first-order valence-corrected chi connectivity index (χ1v) is 11.1. The average molecular weight is 518 g/mol. The Kier molecular flexibility index (Phi) is 10.8. The number of aliphatic hydroxyl groups is 7. The fraction of sp³-hybridized carbons (Fsp3) is 0.944. The Morgan fingerprint density at radius 2 is 1.59 bits per heavy atom. The maximum absolute atomic E-state index is 12.8. The molecule has 2 rings (SSSR count). The zero-order chi connectivity index (χ0) is 25.7. The van der Waals surface area contributed by atoms with Crippen molar-refractivity contribution >= 4 is 17.6 Å². The predicted molar refractivity (Wildman–Crippen MR) is 112 cm³/mol. The Morgan fingerprint density at radius 3 is 2.09 bits per heavy atom. The van der Waals surface area contributed by atoms with Crippen molar-refractivity contribution in [2.75, 3.05) is 25.6 Å². The van der Waals surface area contributed by atoms with E-state index in [4.69, 9.17) is 25.8 Å². The van der Waals surface area contributed by atoms with Gasteiger partial charge in [-0.1, -0.05) is 0 Å². The lowest BCUT2D eigenvalue weighted by Gasteiger charge is -2.49. The zero-order valence-electron chi connectivity index (χ0n) is 18.6. The molecule has 0 aromatic carbocycles. The smallest absolute Gasteiger partial charge is 0.345 e. The molecule has 2 aliphatic rings. The zero-order valence-corrected chi connectivity index (χ0v) is 19.3. The molecule has 7 N–H and O–H groups in total. The number of halogens is 1. The van der Waals surface area contributed by atoms with Gasteiger partial charge in [-0.05, 0) is 13.8 Å². The quantitative estimate of drug-likeness (QED) is 0.0905. The van der Waals surface area contributed by atoms with E-state index in [1.54, 1.807) is 13.8 Å². The van der Waals surface area contributed by atoms with Crippen LogP contribution < -0.4 is 0 Å². The summed E-state index contributed by atoms with van der Waals surface area (Å²) >= 11 is 5.59. The van der Waals surface area contributed by atoms with Gasteiger partial charge < -0.3 is 50.0 Å². The summed E-state index contributed by atoms with van der Waals surface area (Å²) in [5.74, 6) is -0.103. The average Bonchev–Trinajstić information content (AvgIpc) is 2.81. The summed E-state index contributed by atoms with van der Waals surface area (Å²) in [6.45, 7) is 1.37. The van der Waals surface area contributed by atoms with Crippen molar-refractivity contribution in [2.24, 2.45) is 5.29 Å². The predicted octanol–water partition coefficient (Wildman–Crippen LogP) is -3.34. The molecule has 0 bridgehead atoms. The summed E-state index contributed by atoms with van der Waals surface area (Å²) in [4.78, 5) is 24.9. The number of hydrogen-bond donors (Lipinski definition) is 7. The summed E-state index contributed by atoms with van der Waals surface area (Å²) in [5.41, 5.74) is 0. The molecule has 16 heteroatoms. The molecule has 2 aliphatic heterocycles. The molecule has 0 radical (unpaired) electrons. The van der Waals surface area contributed by atoms with Gasteiger partial charge in [-0.25, -0.2) is 4.79 Å². The molecule has 0 saturated carbocycles. The lowest BCUT2D eigenvalue weighted by Crippen LogP contribution is -2.68. The first-order valence-electron chi connectivity index (χ1n) is 10.6. The minimum Gasteiger partial charge on any atom is -0.394 e. The molecular formula is C18H32ClN3O12. The number of alkyl halides is 1. The van der Waals surface area contributed by atoms with Gasteiger partial charge in [0.05, 0.1) is 25.0 Å². The summed E-state index contributed by atoms with van der Waals surface area (Å²) < 4.78 is 16.4. The minimum atomic E-state index is -1.83. The minimum absolute atomic E-state index is 0.103. The molecule has 2 heterocycles. The van der Waals surface area contributed by atoms with Gasteiger partial charge in [-0.2, -0.15) is 5.01 Å². The van der Waals surface area contributed by atoms with Gasteiger partial charge in [-0.15, -0.1) is 16.5 Å². The van der Waals surface area contributed by atoms with E-state index in [0.29, 0.717) is 5.01 Å². The molecule has 2 amide bonds. The van der Waals surface area contributed by atoms with E-state index in [9.17, 15) is 45.4 Å². The van der Waals surface area contributed by atoms with Crippen LogP contribution in [0.25, 0.3) is 0 Å². The van der Waals surface area contributed by atoms with E-state index in [1.165, 1.54) is 0 Å². The molecular weight excluding hydrogens is 486 g/mol. The van der Waals surface area contributed by atoms with Crippen LogP contribution in [0, 0.1) is 4.91 Å². The van der Waals surface area contributed by atoms with E-state index >= 15 is 0 Å². The SMILES string of the molecule is CC(C)N(C(=O)N(CCCl)N=O)C1O[C@H](CO)[C@@H](O[C@H]2O[C@H](CO)[C@@H](O)[C@H](O)[C@H]2O)[C@H](O)[C@H]1O. The third kappa shape index (κ3) is 5.93. The number of nitroso groups, excluding NO2 is 1. The largest absolute Gasteiger partial charge is 0.394 e. The van der Waals surface area contributed by atoms with Crippen LogP contribution in [-0.2, 0) is 14.2 Å². The fourth-order valence-electron chi connectivity index (χ4n) is 3.81. The highest BCUT2D eigenvalue weighted by atomic mass is 35.5. The first-order chi connectivity index (χ1) is 16.0. The molecule has 0 aromatic rings. The molecule has 0 spiro atoms. The van der Waals surface area contributed by atoms with Crippen LogP contribution in [-0.4, -0.2) is 145 Å². The number of amides is 2. The lowest BCUT2D eigenvalue weighted by atomic mass is 9.96. The number of carbonyl (C=O) groups is 1. The van der Waals surface area contributed by atoms with Gasteiger partial charge in [0.1, 0.15) is 48.8 Å². The molecule has 10 atom stereocenters. The van der Waals surface area contributed by atoms with E-state index in [0.717, 1.165) is 4.90 Å². The number of aliphatic hydroxyl groups excluding tert-OH is 7. The van der Waals surface area contributed by atoms with Crippen molar-refractivity contribution in [1.82, 2.24) is 9.91 Å². The van der Waals surface area contributed by atoms with Crippen molar-refractivity contribution in [3.8, 4) is 0 Å². The second kappa shape index (κ2) is 12.6. The van der Waals surface area contributed by atoms with Gasteiger partial charge in [0, 0.05) is 11.9 Å². The second-order valence-electron chi connectivity index (χ2n) is 8.20. The second-order valence-corrected chi connectivity index (χ2v) is 8.58. The molecule has 0 aromatic heterocycles. The van der Waals surface area contributed by atoms with E-state index in [1.807, 2.05) is 0 Å². The van der Waals surface area contributed by atoms with Gasteiger partial charge in [0.2, 0.25) is 0 Å². The van der Waals surface area contributed by atoms with Crippen molar-refractivity contribution in [3.63, 3.8) is 0 Å². The van der Waals surface area contributed by atoms with Gasteiger partial charge in [0.25, 0.3) is 0 Å². The normalized spacial score (nSPS) is 38.6. The number of nitrogens with zero attached hydrogens (tertiary/aromatic N) is 3. The molecule has 15 nitrogen and oxygen atoms in total. The van der Waals surface area contributed by atoms with Gasteiger partial charge in [0.15, 0.2) is 12.5 Å². The Morgan fingerprint density at radius 1 is 0.971 bits per heavy atom. The Hall–Kier alpha value is -1.24. The van der Waals surface area contributed by atoms with E-state index in [-0.39, 0.29) is 12.4 Å². The Labute approximate surface area is 199 Å². The number of carbonyl (C=O) groups excluding carboxylic acids is 1. The lowest BCUT2D eigenvalue weighted by molar-refractivity contribution is -0.348. The summed E-state index contributed by atoms with van der Waals surface area (Å²) in [6.07, 6.45) is -16.3. The van der Waals surface area contributed by atoms with Gasteiger partial charge in [-0.3, -0.25) is 4.90 Å². The van der Waals surface area contributed by atoms with Gasteiger partial charge >= 0.3 is 6.03 Å². The van der Waals surface area contributed by atoms with E-state index in [2.05, 4.69) is 5.29 Å². The molecule has 2 fully saturated rings. The molecule has 0 aliphatic carbocycles. The Balaban J connectivity index is 2.25. The van der Waals surface area contributed by atoms with Crippen LogP contribution in [0.1, 0.15) is 13.8 Å². The highest BCUT2D eigenvalue weighted by Crippen LogP contribution is 2.31. The highest BCUT2D eigenvalue weighted by Gasteiger charge is 2.52. The molecule has 34 heavy (non-hydrogen) atoms. The number of ether oxygens (including phenoxy) is 3. The van der Waals surface area contributed by atoms with Crippen molar-refractivity contribution in [3.05, 3.63) is 4.91 Å². The van der Waals surface area contributed by atoms with Crippen molar-refractivity contribution in [1.29, 1.82) is 0 Å². The van der Waals surface area contributed by atoms with Crippen molar-refractivity contribution < 1.29 is 54.8 Å². The molecule has 2 saturated heterocycles. The monoisotopic (exact) mass is 517 g/mol. The van der Waals surface area contributed by atoms with Crippen LogP contribution in [0.3, 0.4) is 0 Å². The maximum atomic E-state index is 12.8. The Bertz CT molecular complexity index is 674. The maximum Gasteiger partial charge on any atom is 0.345 e. The third-order valence-electron chi connectivity index (χ3n) is 5.65. The highest BCUT2D eigenvalue weighted by molar-refractivity contribution is 6.18. The van der Waals surface area contributed by atoms with E-state index < -0.39 is 86.6 Å².